The Labute approximate surface area is 275 Å². The topological polar surface area (TPSA) is 117 Å². The summed E-state index contributed by atoms with van der Waals surface area (Å²) >= 11 is 0. The summed E-state index contributed by atoms with van der Waals surface area (Å²) in [6.45, 7) is 7.79. The van der Waals surface area contributed by atoms with Gasteiger partial charge in [0.15, 0.2) is 5.82 Å². The molecule has 1 aliphatic carbocycles. The highest BCUT2D eigenvalue weighted by Crippen LogP contribution is 2.27. The van der Waals surface area contributed by atoms with E-state index >= 15 is 0 Å². The van der Waals surface area contributed by atoms with Gasteiger partial charge in [0.1, 0.15) is 5.82 Å². The number of hydrogen-bond acceptors (Lipinski definition) is 4. The number of aromatic amines is 2. The second-order valence-electron chi connectivity index (χ2n) is 12.8. The van der Waals surface area contributed by atoms with E-state index in [4.69, 9.17) is 15.9 Å². The van der Waals surface area contributed by atoms with Crippen LogP contribution in [0.5, 0.6) is 0 Å². The number of nitrogens with two attached hydrogens (primary N) is 1. The third-order valence-corrected chi connectivity index (χ3v) is 8.63. The van der Waals surface area contributed by atoms with E-state index in [0.29, 0.717) is 18.8 Å². The highest BCUT2D eigenvalue weighted by atomic mass is 16.2. The second-order valence-corrected chi connectivity index (χ2v) is 12.8. The standard InChI is InChI=1S/C39H43N7O/c1-4-5-6-13-27-14-11-15-28(22-27)26-46-36(21-12-16-29-24-41-33-19-9-7-17-31(29)33)44-45-37(46)35(43-38(47)39(2,3)40)23-30-25-42-34-20-10-8-18-32(30)34/h4-11,13,15,17-20,22,24-25,35,41-42H,1,12,14,16,21,23,26,40H2,2-3H3,(H,43,47)/b6-5-,27-13-/t35-/m1/s1. The molecule has 5 N–H and O–H groups in total. The Hall–Kier alpha value is -5.21. The van der Waals surface area contributed by atoms with Crippen LogP contribution in [0.25, 0.3) is 21.8 Å². The van der Waals surface area contributed by atoms with Crippen molar-refractivity contribution in [3.63, 3.8) is 0 Å². The van der Waals surface area contributed by atoms with Gasteiger partial charge in [-0.1, -0.05) is 85.5 Å². The van der Waals surface area contributed by atoms with Crippen molar-refractivity contribution in [1.29, 1.82) is 0 Å². The molecule has 5 aromatic rings. The van der Waals surface area contributed by atoms with Gasteiger partial charge in [0.05, 0.1) is 18.1 Å². The molecule has 0 aliphatic heterocycles. The van der Waals surface area contributed by atoms with Gasteiger partial charge in [-0.3, -0.25) is 4.79 Å². The molecule has 6 rings (SSSR count). The molecule has 0 bridgehead atoms. The predicted molar refractivity (Wildman–Crippen MR) is 191 cm³/mol. The van der Waals surface area contributed by atoms with Crippen molar-refractivity contribution in [2.24, 2.45) is 5.73 Å². The van der Waals surface area contributed by atoms with Crippen LogP contribution in [0.1, 0.15) is 55.5 Å². The summed E-state index contributed by atoms with van der Waals surface area (Å²) in [4.78, 5) is 20.1. The molecule has 1 aliphatic rings. The van der Waals surface area contributed by atoms with Gasteiger partial charge in [-0.15, -0.1) is 10.2 Å². The number of amides is 1. The monoisotopic (exact) mass is 625 g/mol. The highest BCUT2D eigenvalue weighted by molar-refractivity contribution is 5.86. The zero-order chi connectivity index (χ0) is 32.8. The molecule has 3 aromatic heterocycles. The van der Waals surface area contributed by atoms with E-state index in [2.05, 4.69) is 93.3 Å². The van der Waals surface area contributed by atoms with Gasteiger partial charge in [0.2, 0.25) is 5.91 Å². The smallest absolute Gasteiger partial charge is 0.240 e. The quantitative estimate of drug-likeness (QED) is 0.104. The van der Waals surface area contributed by atoms with E-state index in [1.807, 2.05) is 30.5 Å². The number of aryl methyl sites for hydroxylation is 2. The number of H-pyrrole nitrogens is 2. The maximum absolute atomic E-state index is 13.4. The lowest BCUT2D eigenvalue weighted by Crippen LogP contribution is -2.50. The molecule has 47 heavy (non-hydrogen) atoms. The van der Waals surface area contributed by atoms with Gasteiger partial charge in [-0.25, -0.2) is 0 Å². The summed E-state index contributed by atoms with van der Waals surface area (Å²) in [6, 6.07) is 16.1. The first kappa shape index (κ1) is 31.8. The lowest BCUT2D eigenvalue weighted by Gasteiger charge is -2.25. The van der Waals surface area contributed by atoms with E-state index in [0.717, 1.165) is 59.1 Å². The first-order chi connectivity index (χ1) is 22.8. The van der Waals surface area contributed by atoms with Crippen LogP contribution >= 0.6 is 0 Å². The first-order valence-electron chi connectivity index (χ1n) is 16.3. The van der Waals surface area contributed by atoms with Crippen molar-refractivity contribution in [3.8, 4) is 0 Å². The number of nitrogens with zero attached hydrogens (tertiary/aromatic N) is 3. The number of nitrogens with one attached hydrogen (secondary N) is 3. The minimum Gasteiger partial charge on any atom is -0.361 e. The second kappa shape index (κ2) is 14.1. The summed E-state index contributed by atoms with van der Waals surface area (Å²) < 4.78 is 2.19. The van der Waals surface area contributed by atoms with Gasteiger partial charge >= 0.3 is 0 Å². The van der Waals surface area contributed by atoms with Crippen LogP contribution in [0.3, 0.4) is 0 Å². The third kappa shape index (κ3) is 7.45. The Morgan fingerprint density at radius 1 is 1.02 bits per heavy atom. The van der Waals surface area contributed by atoms with Crippen molar-refractivity contribution < 1.29 is 4.79 Å². The molecule has 0 radical (unpaired) electrons. The van der Waals surface area contributed by atoms with Gasteiger partial charge in [0.25, 0.3) is 0 Å². The average molecular weight is 626 g/mol. The van der Waals surface area contributed by atoms with Crippen LogP contribution in [0.15, 0.2) is 121 Å². The summed E-state index contributed by atoms with van der Waals surface area (Å²) in [5.41, 5.74) is 12.2. The molecular formula is C39H43N7O. The average Bonchev–Trinajstić information content (AvgIpc) is 3.78. The Bertz CT molecular complexity index is 2010. The number of aromatic nitrogens is 5. The Morgan fingerprint density at radius 2 is 1.72 bits per heavy atom. The van der Waals surface area contributed by atoms with Gasteiger partial charge in [-0.05, 0) is 67.5 Å². The highest BCUT2D eigenvalue weighted by Gasteiger charge is 2.30. The van der Waals surface area contributed by atoms with Crippen LogP contribution in [-0.4, -0.2) is 36.2 Å². The number of benzene rings is 2. The molecule has 0 saturated carbocycles. The van der Waals surface area contributed by atoms with E-state index in [1.165, 1.54) is 16.5 Å². The van der Waals surface area contributed by atoms with Gasteiger partial charge in [-0.2, -0.15) is 0 Å². The molecular weight excluding hydrogens is 582 g/mol. The molecule has 8 heteroatoms. The summed E-state index contributed by atoms with van der Waals surface area (Å²) in [6.07, 6.45) is 22.5. The molecule has 240 valence electrons. The van der Waals surface area contributed by atoms with E-state index < -0.39 is 11.6 Å². The molecule has 0 fully saturated rings. The van der Waals surface area contributed by atoms with Crippen molar-refractivity contribution in [2.75, 3.05) is 0 Å². The summed E-state index contributed by atoms with van der Waals surface area (Å²) in [5.74, 6) is 1.36. The zero-order valence-electron chi connectivity index (χ0n) is 27.2. The SMILES string of the molecule is C=C/C=C\C=C1/C=C(Cn2c(CCCc3c[nH]c4ccccc34)nnc2[C@@H](Cc2c[nH]c3ccccc23)NC(=O)C(C)(C)N)C=CC1. The van der Waals surface area contributed by atoms with Crippen LogP contribution in [0.4, 0.5) is 0 Å². The Morgan fingerprint density at radius 3 is 2.45 bits per heavy atom. The Kier molecular flexibility index (Phi) is 9.50. The van der Waals surface area contributed by atoms with Crippen molar-refractivity contribution in [3.05, 3.63) is 144 Å². The molecule has 0 spiro atoms. The molecule has 2 aromatic carbocycles. The van der Waals surface area contributed by atoms with Crippen molar-refractivity contribution in [1.82, 2.24) is 30.0 Å². The lowest BCUT2D eigenvalue weighted by molar-refractivity contribution is -0.126. The third-order valence-electron chi connectivity index (χ3n) is 8.63. The normalized spacial score (nSPS) is 15.1. The van der Waals surface area contributed by atoms with Crippen LogP contribution in [0.2, 0.25) is 0 Å². The van der Waals surface area contributed by atoms with Crippen LogP contribution in [-0.2, 0) is 30.6 Å². The predicted octanol–water partition coefficient (Wildman–Crippen LogP) is 7.11. The fraction of sp³-hybridized carbons (Fsp3) is 0.256. The van der Waals surface area contributed by atoms with Gasteiger partial charge in [0, 0.05) is 47.0 Å². The van der Waals surface area contributed by atoms with Crippen LogP contribution < -0.4 is 11.1 Å². The lowest BCUT2D eigenvalue weighted by atomic mass is 10.00. The van der Waals surface area contributed by atoms with E-state index in [9.17, 15) is 4.79 Å². The minimum absolute atomic E-state index is 0.242. The first-order valence-corrected chi connectivity index (χ1v) is 16.3. The molecule has 0 saturated heterocycles. The zero-order valence-corrected chi connectivity index (χ0v) is 27.2. The number of fused-ring (bicyclic) bond motifs is 2. The molecule has 8 nitrogen and oxygen atoms in total. The number of carbonyl (C=O) groups is 1. The molecule has 1 amide bonds. The van der Waals surface area contributed by atoms with E-state index in [-0.39, 0.29) is 5.91 Å². The van der Waals surface area contributed by atoms with Crippen molar-refractivity contribution in [2.45, 2.75) is 64.1 Å². The van der Waals surface area contributed by atoms with Crippen LogP contribution in [0, 0.1) is 0 Å². The largest absolute Gasteiger partial charge is 0.361 e. The Balaban J connectivity index is 1.35. The maximum Gasteiger partial charge on any atom is 0.240 e. The molecule has 1 atom stereocenters. The van der Waals surface area contributed by atoms with E-state index in [1.54, 1.807) is 19.9 Å². The number of para-hydroxylation sites is 2. The summed E-state index contributed by atoms with van der Waals surface area (Å²) in [7, 11) is 0. The fourth-order valence-electron chi connectivity index (χ4n) is 6.16. The van der Waals surface area contributed by atoms with Crippen molar-refractivity contribution >= 4 is 27.7 Å². The molecule has 3 heterocycles. The van der Waals surface area contributed by atoms with Gasteiger partial charge < -0.3 is 25.6 Å². The fourth-order valence-corrected chi connectivity index (χ4v) is 6.16. The molecule has 0 unspecified atom stereocenters. The number of carbonyl (C=O) groups excluding carboxylic acids is 1. The number of allylic oxidation sites excluding steroid dienone is 9. The number of hydrogen-bond donors (Lipinski definition) is 4. The number of rotatable bonds is 13. The summed E-state index contributed by atoms with van der Waals surface area (Å²) in [5, 5.41) is 15.1. The minimum atomic E-state index is -1.06. The maximum atomic E-state index is 13.4.